The zero-order valence-electron chi connectivity index (χ0n) is 11.5. The Morgan fingerprint density at radius 2 is 2.15 bits per heavy atom. The van der Waals surface area contributed by atoms with Crippen molar-refractivity contribution in [3.8, 4) is 5.75 Å². The Balaban J connectivity index is 2.92. The van der Waals surface area contributed by atoms with Gasteiger partial charge in [-0.25, -0.2) is 9.18 Å². The Morgan fingerprint density at radius 1 is 1.40 bits per heavy atom. The number of carbonyl (C=O) groups is 1. The maximum atomic E-state index is 13.2. The molecule has 1 aromatic carbocycles. The minimum absolute atomic E-state index is 0.0740. The molecule has 20 heavy (non-hydrogen) atoms. The lowest BCUT2D eigenvalue weighted by Crippen LogP contribution is -2.14. The highest BCUT2D eigenvalue weighted by Crippen LogP contribution is 2.22. The highest BCUT2D eigenvalue weighted by atomic mass is 19.1. The van der Waals surface area contributed by atoms with Crippen LogP contribution in [0.5, 0.6) is 5.75 Å². The van der Waals surface area contributed by atoms with E-state index in [0.29, 0.717) is 12.2 Å². The average molecular weight is 283 g/mol. The molecule has 0 aliphatic carbocycles. The quantitative estimate of drug-likeness (QED) is 0.468. The van der Waals surface area contributed by atoms with E-state index in [4.69, 9.17) is 19.9 Å². The first-order chi connectivity index (χ1) is 9.58. The molecule has 110 valence electrons. The summed E-state index contributed by atoms with van der Waals surface area (Å²) in [5.74, 6) is -0.779. The third-order valence-corrected chi connectivity index (χ3v) is 2.34. The minimum Gasteiger partial charge on any atom is -0.490 e. The van der Waals surface area contributed by atoms with Crippen LogP contribution in [0.15, 0.2) is 23.9 Å². The van der Waals surface area contributed by atoms with E-state index in [1.54, 1.807) is 6.92 Å². The van der Waals surface area contributed by atoms with Crippen LogP contribution in [0.2, 0.25) is 0 Å². The maximum absolute atomic E-state index is 13.2. The summed E-state index contributed by atoms with van der Waals surface area (Å²) in [6.45, 7) is 2.55. The number of ether oxygens (including phenoxy) is 3. The van der Waals surface area contributed by atoms with E-state index in [1.807, 2.05) is 0 Å². The molecule has 0 fully saturated rings. The summed E-state index contributed by atoms with van der Waals surface area (Å²) in [7, 11) is 1.54. The number of hydrogen-bond donors (Lipinski definition) is 1. The molecule has 1 aromatic rings. The normalized spacial score (nSPS) is 11.2. The molecule has 0 heterocycles. The van der Waals surface area contributed by atoms with Gasteiger partial charge in [-0.15, -0.1) is 0 Å². The first-order valence-corrected chi connectivity index (χ1v) is 6.14. The first-order valence-electron chi connectivity index (χ1n) is 6.14. The number of carbonyl (C=O) groups excluding carboxylic acids is 1. The number of halogens is 1. The first kappa shape index (κ1) is 16.0. The number of benzene rings is 1. The molecule has 0 amide bonds. The Morgan fingerprint density at radius 3 is 2.80 bits per heavy atom. The van der Waals surface area contributed by atoms with Crippen LogP contribution < -0.4 is 10.5 Å². The standard InChI is InChI=1S/C14H18FNO4/c1-3-19-14(17)12(16)8-10-4-5-11(15)9-13(10)20-7-6-18-2/h4-5,8-9H,3,6-7,16H2,1-2H3/b12-8-. The van der Waals surface area contributed by atoms with E-state index < -0.39 is 11.8 Å². The highest BCUT2D eigenvalue weighted by molar-refractivity contribution is 5.93. The van der Waals surface area contributed by atoms with Crippen molar-refractivity contribution in [3.63, 3.8) is 0 Å². The predicted octanol–water partition coefficient (Wildman–Crippen LogP) is 1.71. The second-order valence-corrected chi connectivity index (χ2v) is 3.84. The number of esters is 1. The second kappa shape index (κ2) is 8.16. The average Bonchev–Trinajstić information content (AvgIpc) is 2.42. The molecule has 0 radical (unpaired) electrons. The topological polar surface area (TPSA) is 70.8 Å². The van der Waals surface area contributed by atoms with Gasteiger partial charge < -0.3 is 19.9 Å². The van der Waals surface area contributed by atoms with Crippen molar-refractivity contribution in [1.29, 1.82) is 0 Å². The van der Waals surface area contributed by atoms with Gasteiger partial charge in [-0.3, -0.25) is 0 Å². The van der Waals surface area contributed by atoms with Crippen LogP contribution in [0.25, 0.3) is 6.08 Å². The zero-order chi connectivity index (χ0) is 15.0. The Hall–Kier alpha value is -2.08. The van der Waals surface area contributed by atoms with Gasteiger partial charge in [0.15, 0.2) is 0 Å². The van der Waals surface area contributed by atoms with Crippen molar-refractivity contribution in [3.05, 3.63) is 35.3 Å². The highest BCUT2D eigenvalue weighted by Gasteiger charge is 2.09. The Bertz CT molecular complexity index is 488. The van der Waals surface area contributed by atoms with E-state index in [1.165, 1.54) is 31.4 Å². The molecule has 1 rings (SSSR count). The molecule has 2 N–H and O–H groups in total. The third kappa shape index (κ3) is 4.89. The van der Waals surface area contributed by atoms with Gasteiger partial charge in [0, 0.05) is 18.7 Å². The molecule has 0 aromatic heterocycles. The van der Waals surface area contributed by atoms with Gasteiger partial charge in [0.2, 0.25) is 0 Å². The summed E-state index contributed by atoms with van der Waals surface area (Å²) < 4.78 is 28.2. The summed E-state index contributed by atoms with van der Waals surface area (Å²) in [6, 6.07) is 3.96. The van der Waals surface area contributed by atoms with Crippen LogP contribution in [-0.4, -0.2) is 32.9 Å². The summed E-state index contributed by atoms with van der Waals surface area (Å²) >= 11 is 0. The number of methoxy groups -OCH3 is 1. The SMILES string of the molecule is CCOC(=O)/C(N)=C/c1ccc(F)cc1OCCOC. The van der Waals surface area contributed by atoms with Crippen molar-refractivity contribution < 1.29 is 23.4 Å². The molecule has 6 heteroatoms. The van der Waals surface area contributed by atoms with Crippen LogP contribution in [0.1, 0.15) is 12.5 Å². The van der Waals surface area contributed by atoms with Crippen molar-refractivity contribution in [2.24, 2.45) is 5.73 Å². The zero-order valence-corrected chi connectivity index (χ0v) is 11.5. The summed E-state index contributed by atoms with van der Waals surface area (Å²) in [4.78, 5) is 11.4. The molecule has 0 bridgehead atoms. The van der Waals surface area contributed by atoms with Crippen LogP contribution in [0.4, 0.5) is 4.39 Å². The number of hydrogen-bond acceptors (Lipinski definition) is 5. The van der Waals surface area contributed by atoms with Gasteiger partial charge >= 0.3 is 5.97 Å². The smallest absolute Gasteiger partial charge is 0.354 e. The number of nitrogens with two attached hydrogens (primary N) is 1. The molecule has 0 aliphatic rings. The van der Waals surface area contributed by atoms with Gasteiger partial charge in [0.05, 0.1) is 13.2 Å². The molecule has 0 unspecified atom stereocenters. The fourth-order valence-electron chi connectivity index (χ4n) is 1.43. The molecular formula is C14H18FNO4. The molecule has 0 saturated heterocycles. The third-order valence-electron chi connectivity index (χ3n) is 2.34. The number of rotatable bonds is 7. The minimum atomic E-state index is -0.625. The van der Waals surface area contributed by atoms with Crippen molar-refractivity contribution in [2.45, 2.75) is 6.92 Å². The lowest BCUT2D eigenvalue weighted by Gasteiger charge is -2.09. The lowest BCUT2D eigenvalue weighted by atomic mass is 10.1. The van der Waals surface area contributed by atoms with Crippen LogP contribution in [0, 0.1) is 5.82 Å². The largest absolute Gasteiger partial charge is 0.490 e. The van der Waals surface area contributed by atoms with Gasteiger partial charge in [-0.1, -0.05) is 0 Å². The van der Waals surface area contributed by atoms with Crippen LogP contribution in [-0.2, 0) is 14.3 Å². The van der Waals surface area contributed by atoms with Crippen LogP contribution >= 0.6 is 0 Å². The molecule has 0 spiro atoms. The van der Waals surface area contributed by atoms with Crippen molar-refractivity contribution in [1.82, 2.24) is 0 Å². The Labute approximate surface area is 117 Å². The van der Waals surface area contributed by atoms with Crippen LogP contribution in [0.3, 0.4) is 0 Å². The van der Waals surface area contributed by atoms with Gasteiger partial charge in [-0.2, -0.15) is 0 Å². The van der Waals surface area contributed by atoms with E-state index in [9.17, 15) is 9.18 Å². The lowest BCUT2D eigenvalue weighted by molar-refractivity contribution is -0.138. The van der Waals surface area contributed by atoms with E-state index in [2.05, 4.69) is 0 Å². The van der Waals surface area contributed by atoms with Crippen molar-refractivity contribution >= 4 is 12.0 Å². The van der Waals surface area contributed by atoms with E-state index >= 15 is 0 Å². The molecule has 0 atom stereocenters. The fourth-order valence-corrected chi connectivity index (χ4v) is 1.43. The predicted molar refractivity (Wildman–Crippen MR) is 72.6 cm³/mol. The van der Waals surface area contributed by atoms with Gasteiger partial charge in [-0.05, 0) is 25.1 Å². The molecule has 0 aliphatic heterocycles. The van der Waals surface area contributed by atoms with Gasteiger partial charge in [0.1, 0.15) is 23.9 Å². The van der Waals surface area contributed by atoms with E-state index in [-0.39, 0.29) is 24.7 Å². The molecular weight excluding hydrogens is 265 g/mol. The van der Waals surface area contributed by atoms with E-state index in [0.717, 1.165) is 0 Å². The summed E-state index contributed by atoms with van der Waals surface area (Å²) in [6.07, 6.45) is 1.39. The van der Waals surface area contributed by atoms with Gasteiger partial charge in [0.25, 0.3) is 0 Å². The molecule has 5 nitrogen and oxygen atoms in total. The summed E-state index contributed by atoms with van der Waals surface area (Å²) in [5.41, 5.74) is 6.03. The maximum Gasteiger partial charge on any atom is 0.354 e. The fraction of sp³-hybridized carbons (Fsp3) is 0.357. The van der Waals surface area contributed by atoms with Crippen molar-refractivity contribution in [2.75, 3.05) is 26.9 Å². The summed E-state index contributed by atoms with van der Waals surface area (Å²) in [5, 5.41) is 0. The molecule has 0 saturated carbocycles. The Kier molecular flexibility index (Phi) is 6.52. The second-order valence-electron chi connectivity index (χ2n) is 3.84. The monoisotopic (exact) mass is 283 g/mol.